The predicted molar refractivity (Wildman–Crippen MR) is 143 cm³/mol. The van der Waals surface area contributed by atoms with Crippen molar-refractivity contribution in [2.45, 2.75) is 33.7 Å². The van der Waals surface area contributed by atoms with Crippen molar-refractivity contribution in [2.75, 3.05) is 5.32 Å². The third-order valence-corrected chi connectivity index (χ3v) is 8.02. The van der Waals surface area contributed by atoms with Crippen LogP contribution in [0.2, 0.25) is 5.02 Å². The second-order valence-electron chi connectivity index (χ2n) is 8.88. The Kier molecular flexibility index (Phi) is 6.72. The number of amides is 2. The Balaban J connectivity index is 1.57. The van der Waals surface area contributed by atoms with Crippen LogP contribution in [0.3, 0.4) is 0 Å². The maximum Gasteiger partial charge on any atom is 0.291 e. The second kappa shape index (κ2) is 9.89. The number of rotatable bonds is 7. The molecule has 0 unspecified atom stereocenters. The molecule has 3 N–H and O–H groups in total. The maximum absolute atomic E-state index is 13.7. The Morgan fingerprint density at radius 3 is 2.54 bits per heavy atom. The van der Waals surface area contributed by atoms with E-state index in [1.165, 1.54) is 18.3 Å². The van der Waals surface area contributed by atoms with Crippen LogP contribution in [0, 0.1) is 20.8 Å². The summed E-state index contributed by atoms with van der Waals surface area (Å²) < 4.78 is 36.5. The summed E-state index contributed by atoms with van der Waals surface area (Å²) in [5.41, 5.74) is 8.18. The van der Waals surface area contributed by atoms with Crippen LogP contribution in [0.15, 0.2) is 28.8 Å². The summed E-state index contributed by atoms with van der Waals surface area (Å²) in [5.74, 6) is -1.10. The van der Waals surface area contributed by atoms with E-state index in [9.17, 15) is 18.4 Å². The summed E-state index contributed by atoms with van der Waals surface area (Å²) in [7, 11) is 1.71. The largest absolute Gasteiger partial charge is 0.454 e. The van der Waals surface area contributed by atoms with Gasteiger partial charge in [0.05, 0.1) is 34.8 Å². The minimum Gasteiger partial charge on any atom is -0.454 e. The standard InChI is InChI=1S/C25H22ClF2N7O3S/c1-10-19(26)12(3)35(33-10)9-13-5-6-17(38-13)24(37)32-20-18-14(15-8-30-34(4)11(15)2)7-16(22(27)28)31-25(18)39-21(20)23(29)36/h5-8,22H,9H2,1-4H3,(H2,29,36)(H,32,37). The lowest BCUT2D eigenvalue weighted by molar-refractivity contribution is 0.0994. The molecule has 0 aliphatic heterocycles. The third-order valence-electron chi connectivity index (χ3n) is 6.38. The molecule has 0 saturated carbocycles. The fourth-order valence-corrected chi connectivity index (χ4v) is 5.38. The van der Waals surface area contributed by atoms with Crippen LogP contribution >= 0.6 is 22.9 Å². The third kappa shape index (κ3) is 4.68. The molecule has 0 aliphatic carbocycles. The van der Waals surface area contributed by atoms with E-state index in [4.69, 9.17) is 21.8 Å². The number of carbonyl (C=O) groups is 2. The number of fused-ring (bicyclic) bond motifs is 1. The number of nitrogens with zero attached hydrogens (tertiary/aromatic N) is 5. The van der Waals surface area contributed by atoms with Crippen molar-refractivity contribution in [2.24, 2.45) is 12.8 Å². The zero-order valence-electron chi connectivity index (χ0n) is 21.2. The highest BCUT2D eigenvalue weighted by Gasteiger charge is 2.27. The zero-order valence-corrected chi connectivity index (χ0v) is 22.7. The van der Waals surface area contributed by atoms with Gasteiger partial charge in [-0.25, -0.2) is 13.8 Å². The van der Waals surface area contributed by atoms with Crippen molar-refractivity contribution in [1.29, 1.82) is 0 Å². The molecule has 5 aromatic rings. The van der Waals surface area contributed by atoms with Crippen molar-refractivity contribution < 1.29 is 22.8 Å². The molecule has 0 saturated heterocycles. The number of nitrogens with two attached hydrogens (primary N) is 1. The minimum absolute atomic E-state index is 0.0378. The summed E-state index contributed by atoms with van der Waals surface area (Å²) in [4.78, 5) is 29.8. The molecular weight excluding hydrogens is 552 g/mol. The van der Waals surface area contributed by atoms with Gasteiger partial charge >= 0.3 is 0 Å². The van der Waals surface area contributed by atoms with Crippen LogP contribution in [0.1, 0.15) is 55.2 Å². The smallest absolute Gasteiger partial charge is 0.291 e. The molecule has 5 rings (SSSR count). The molecular formula is C25H22ClF2N7O3S. The molecule has 2 amide bonds. The Morgan fingerprint density at radius 2 is 1.95 bits per heavy atom. The number of hydrogen-bond donors (Lipinski definition) is 2. The number of primary amides is 1. The number of halogens is 3. The molecule has 0 spiro atoms. The van der Waals surface area contributed by atoms with Gasteiger partial charge in [0.25, 0.3) is 18.2 Å². The van der Waals surface area contributed by atoms with Gasteiger partial charge in [0, 0.05) is 23.7 Å². The number of pyridine rings is 1. The van der Waals surface area contributed by atoms with Crippen molar-refractivity contribution in [1.82, 2.24) is 24.5 Å². The highest BCUT2D eigenvalue weighted by atomic mass is 35.5. The summed E-state index contributed by atoms with van der Waals surface area (Å²) in [6.07, 6.45) is -1.34. The van der Waals surface area contributed by atoms with Crippen LogP contribution in [0.25, 0.3) is 21.3 Å². The molecule has 10 nitrogen and oxygen atoms in total. The van der Waals surface area contributed by atoms with Crippen LogP contribution in [0.5, 0.6) is 0 Å². The highest BCUT2D eigenvalue weighted by molar-refractivity contribution is 7.21. The van der Waals surface area contributed by atoms with Gasteiger partial charge in [-0.1, -0.05) is 11.6 Å². The molecule has 202 valence electrons. The maximum atomic E-state index is 13.7. The van der Waals surface area contributed by atoms with Gasteiger partial charge in [-0.05, 0) is 44.5 Å². The molecule has 0 fully saturated rings. The second-order valence-corrected chi connectivity index (χ2v) is 10.3. The first-order chi connectivity index (χ1) is 18.5. The van der Waals surface area contributed by atoms with Crippen LogP contribution in [-0.4, -0.2) is 36.4 Å². The first-order valence-electron chi connectivity index (χ1n) is 11.6. The number of thiophene rings is 1. The number of hydrogen-bond acceptors (Lipinski definition) is 7. The Labute approximate surface area is 229 Å². The Bertz CT molecular complexity index is 1770. The fourth-order valence-electron chi connectivity index (χ4n) is 4.23. The van der Waals surface area contributed by atoms with E-state index in [0.29, 0.717) is 38.7 Å². The van der Waals surface area contributed by atoms with Gasteiger partial charge < -0.3 is 15.5 Å². The van der Waals surface area contributed by atoms with Gasteiger partial charge in [0.1, 0.15) is 21.2 Å². The van der Waals surface area contributed by atoms with E-state index in [1.54, 1.807) is 36.3 Å². The summed E-state index contributed by atoms with van der Waals surface area (Å²) >= 11 is 7.03. The molecule has 39 heavy (non-hydrogen) atoms. The van der Waals surface area contributed by atoms with E-state index in [2.05, 4.69) is 20.5 Å². The predicted octanol–water partition coefficient (Wildman–Crippen LogP) is 5.40. The van der Waals surface area contributed by atoms with E-state index >= 15 is 0 Å². The molecule has 0 aliphatic rings. The van der Waals surface area contributed by atoms with Crippen LogP contribution in [-0.2, 0) is 13.6 Å². The van der Waals surface area contributed by atoms with E-state index < -0.39 is 23.9 Å². The SMILES string of the molecule is Cc1nn(Cc2ccc(C(=O)Nc3c(C(N)=O)sc4nc(C(F)F)cc(-c5cnn(C)c5C)c34)o2)c(C)c1Cl. The summed E-state index contributed by atoms with van der Waals surface area (Å²) in [6.45, 7) is 5.62. The molecule has 0 aromatic carbocycles. The van der Waals surface area contributed by atoms with Gasteiger partial charge in [-0.2, -0.15) is 10.2 Å². The lowest BCUT2D eigenvalue weighted by atomic mass is 10.0. The van der Waals surface area contributed by atoms with Crippen molar-refractivity contribution in [3.05, 3.63) is 68.6 Å². The normalized spacial score (nSPS) is 11.6. The number of anilines is 1. The van der Waals surface area contributed by atoms with E-state index in [-0.39, 0.29) is 27.7 Å². The van der Waals surface area contributed by atoms with Gasteiger partial charge in [-0.15, -0.1) is 11.3 Å². The van der Waals surface area contributed by atoms with Gasteiger partial charge in [-0.3, -0.25) is 19.0 Å². The first-order valence-corrected chi connectivity index (χ1v) is 12.8. The Morgan fingerprint density at radius 1 is 1.21 bits per heavy atom. The van der Waals surface area contributed by atoms with E-state index in [0.717, 1.165) is 17.0 Å². The number of carbonyl (C=O) groups excluding carboxylic acids is 2. The van der Waals surface area contributed by atoms with E-state index in [1.807, 2.05) is 6.92 Å². The Hall–Kier alpha value is -4.10. The van der Waals surface area contributed by atoms with Crippen molar-refractivity contribution in [3.8, 4) is 11.1 Å². The number of nitrogens with one attached hydrogen (secondary N) is 1. The van der Waals surface area contributed by atoms with Crippen molar-refractivity contribution >= 4 is 50.7 Å². The molecule has 14 heteroatoms. The number of aromatic nitrogens is 5. The number of alkyl halides is 2. The summed E-state index contributed by atoms with van der Waals surface area (Å²) in [5, 5.41) is 12.1. The topological polar surface area (TPSA) is 134 Å². The molecule has 5 aromatic heterocycles. The van der Waals surface area contributed by atoms with Crippen LogP contribution < -0.4 is 11.1 Å². The number of aryl methyl sites for hydroxylation is 2. The first kappa shape index (κ1) is 26.5. The minimum atomic E-state index is -2.86. The monoisotopic (exact) mass is 573 g/mol. The lowest BCUT2D eigenvalue weighted by Gasteiger charge is -2.10. The molecule has 5 heterocycles. The average molecular weight is 574 g/mol. The van der Waals surface area contributed by atoms with Gasteiger partial charge in [0.2, 0.25) is 0 Å². The quantitative estimate of drug-likeness (QED) is 0.268. The summed E-state index contributed by atoms with van der Waals surface area (Å²) in [6, 6.07) is 4.34. The van der Waals surface area contributed by atoms with Gasteiger partial charge in [0.15, 0.2) is 5.76 Å². The zero-order chi connectivity index (χ0) is 28.2. The van der Waals surface area contributed by atoms with Crippen molar-refractivity contribution in [3.63, 3.8) is 0 Å². The number of furan rings is 1. The molecule has 0 atom stereocenters. The fraction of sp³-hybridized carbons (Fsp3) is 0.240. The highest BCUT2D eigenvalue weighted by Crippen LogP contribution is 2.43. The molecule has 0 radical (unpaired) electrons. The van der Waals surface area contributed by atoms with Crippen LogP contribution in [0.4, 0.5) is 14.5 Å². The lowest BCUT2D eigenvalue weighted by Crippen LogP contribution is -2.16. The molecule has 0 bridgehead atoms. The average Bonchev–Trinajstić information content (AvgIpc) is 3.64.